The van der Waals surface area contributed by atoms with Gasteiger partial charge < -0.3 is 9.64 Å². The highest BCUT2D eigenvalue weighted by molar-refractivity contribution is 7.98. The van der Waals surface area contributed by atoms with Gasteiger partial charge in [-0.2, -0.15) is 4.31 Å². The van der Waals surface area contributed by atoms with E-state index in [9.17, 15) is 8.42 Å². The fourth-order valence-corrected chi connectivity index (χ4v) is 4.83. The predicted octanol–water partition coefficient (Wildman–Crippen LogP) is 2.32. The zero-order valence-electron chi connectivity index (χ0n) is 15.0. The van der Waals surface area contributed by atoms with Gasteiger partial charge in [0.25, 0.3) is 0 Å². The highest BCUT2D eigenvalue weighted by atomic mass is 32.2. The molecule has 1 aliphatic heterocycles. The second-order valence-corrected chi connectivity index (χ2v) is 9.11. The number of aromatic nitrogens is 1. The molecular weight excluding hydrogens is 370 g/mol. The summed E-state index contributed by atoms with van der Waals surface area (Å²) in [5.41, 5.74) is 1.16. The number of methoxy groups -OCH3 is 1. The van der Waals surface area contributed by atoms with Crippen molar-refractivity contribution in [2.75, 3.05) is 40.3 Å². The van der Waals surface area contributed by atoms with Crippen LogP contribution in [0.4, 0.5) is 0 Å². The summed E-state index contributed by atoms with van der Waals surface area (Å²) in [5.74, 6) is 1.59. The van der Waals surface area contributed by atoms with Gasteiger partial charge in [0, 0.05) is 38.1 Å². The number of nitrogens with zero attached hydrogens (tertiary/aromatic N) is 3. The number of thioether (sulfide) groups is 1. The van der Waals surface area contributed by atoms with Gasteiger partial charge in [-0.1, -0.05) is 12.1 Å². The van der Waals surface area contributed by atoms with Crippen LogP contribution in [0.3, 0.4) is 0 Å². The summed E-state index contributed by atoms with van der Waals surface area (Å²) in [6, 6.07) is 11.3. The van der Waals surface area contributed by atoms with Crippen molar-refractivity contribution in [2.45, 2.75) is 15.7 Å². The Morgan fingerprint density at radius 1 is 1.08 bits per heavy atom. The Balaban J connectivity index is 1.62. The van der Waals surface area contributed by atoms with Crippen molar-refractivity contribution in [1.29, 1.82) is 0 Å². The molecule has 0 N–H and O–H groups in total. The van der Waals surface area contributed by atoms with E-state index in [4.69, 9.17) is 4.74 Å². The molecule has 1 aliphatic rings. The van der Waals surface area contributed by atoms with Gasteiger partial charge in [0.1, 0.15) is 10.6 Å². The molecule has 3 rings (SSSR count). The first-order valence-electron chi connectivity index (χ1n) is 8.39. The zero-order valence-corrected chi connectivity index (χ0v) is 16.6. The van der Waals surface area contributed by atoms with Gasteiger partial charge in [-0.3, -0.25) is 0 Å². The summed E-state index contributed by atoms with van der Waals surface area (Å²) in [7, 11) is 0.189. The quantitative estimate of drug-likeness (QED) is 0.702. The van der Waals surface area contributed by atoms with Crippen molar-refractivity contribution in [2.24, 2.45) is 0 Å². The van der Waals surface area contributed by atoms with Gasteiger partial charge in [-0.15, -0.1) is 11.8 Å². The van der Waals surface area contributed by atoms with Crippen molar-refractivity contribution < 1.29 is 13.2 Å². The smallest absolute Gasteiger partial charge is 0.244 e. The average Bonchev–Trinajstić information content (AvgIpc) is 2.67. The van der Waals surface area contributed by atoms with Crippen LogP contribution in [0.1, 0.15) is 5.56 Å². The molecule has 140 valence electrons. The Morgan fingerprint density at radius 3 is 2.35 bits per heavy atom. The number of piperazine rings is 1. The highest BCUT2D eigenvalue weighted by Crippen LogP contribution is 2.24. The van der Waals surface area contributed by atoms with Crippen LogP contribution in [0.2, 0.25) is 0 Å². The standard InChI is InChI=1S/C18H23N3O3S2/c1-20-9-11-21(12-10-20)26(22,23)17-7-8-18(19-13-17)25-14-15-3-5-16(24-2)6-4-15/h3-8,13H,9-12,14H2,1-2H3. The Hall–Kier alpha value is -1.61. The summed E-state index contributed by atoms with van der Waals surface area (Å²) in [6.07, 6.45) is 1.46. The lowest BCUT2D eigenvalue weighted by Crippen LogP contribution is -2.47. The van der Waals surface area contributed by atoms with Crippen LogP contribution in [-0.2, 0) is 15.8 Å². The summed E-state index contributed by atoms with van der Waals surface area (Å²) >= 11 is 1.58. The Kier molecular flexibility index (Phi) is 6.18. The summed E-state index contributed by atoms with van der Waals surface area (Å²) in [6.45, 7) is 2.55. The maximum atomic E-state index is 12.7. The predicted molar refractivity (Wildman–Crippen MR) is 103 cm³/mol. The molecule has 0 spiro atoms. The molecule has 1 aromatic carbocycles. The number of hydrogen-bond donors (Lipinski definition) is 0. The average molecular weight is 394 g/mol. The Morgan fingerprint density at radius 2 is 1.77 bits per heavy atom. The number of benzene rings is 1. The van der Waals surface area contributed by atoms with Crippen LogP contribution >= 0.6 is 11.8 Å². The number of pyridine rings is 1. The first-order chi connectivity index (χ1) is 12.5. The third kappa shape index (κ3) is 4.56. The van der Waals surface area contributed by atoms with Crippen LogP contribution in [0.5, 0.6) is 5.75 Å². The van der Waals surface area contributed by atoms with Crippen LogP contribution in [0, 0.1) is 0 Å². The van der Waals surface area contributed by atoms with Crippen LogP contribution in [0.15, 0.2) is 52.5 Å². The van der Waals surface area contributed by atoms with E-state index in [1.807, 2.05) is 31.3 Å². The monoisotopic (exact) mass is 393 g/mol. The maximum absolute atomic E-state index is 12.7. The van der Waals surface area contributed by atoms with E-state index in [-0.39, 0.29) is 4.90 Å². The topological polar surface area (TPSA) is 62.7 Å². The van der Waals surface area contributed by atoms with E-state index in [0.717, 1.165) is 35.2 Å². The molecular formula is C18H23N3O3S2. The minimum atomic E-state index is -3.46. The fraction of sp³-hybridized carbons (Fsp3) is 0.389. The van der Waals surface area contributed by atoms with Crippen molar-refractivity contribution in [3.8, 4) is 5.75 Å². The maximum Gasteiger partial charge on any atom is 0.244 e. The molecule has 0 unspecified atom stereocenters. The largest absolute Gasteiger partial charge is 0.497 e. The van der Waals surface area contributed by atoms with Crippen molar-refractivity contribution >= 4 is 21.8 Å². The van der Waals surface area contributed by atoms with E-state index in [1.54, 1.807) is 31.0 Å². The summed E-state index contributed by atoms with van der Waals surface area (Å²) in [5, 5.41) is 0.804. The number of ether oxygens (including phenoxy) is 1. The molecule has 0 aliphatic carbocycles. The second-order valence-electron chi connectivity index (χ2n) is 6.18. The van der Waals surface area contributed by atoms with Gasteiger partial charge in [0.05, 0.1) is 12.1 Å². The van der Waals surface area contributed by atoms with Gasteiger partial charge in [-0.25, -0.2) is 13.4 Å². The first-order valence-corrected chi connectivity index (χ1v) is 10.8. The third-order valence-electron chi connectivity index (χ3n) is 4.36. The third-order valence-corrected chi connectivity index (χ3v) is 7.25. The van der Waals surface area contributed by atoms with Gasteiger partial charge in [0.2, 0.25) is 10.0 Å². The zero-order chi connectivity index (χ0) is 18.6. The Labute approximate surface area is 159 Å². The molecule has 0 radical (unpaired) electrons. The summed E-state index contributed by atoms with van der Waals surface area (Å²) in [4.78, 5) is 6.71. The molecule has 6 nitrogen and oxygen atoms in total. The molecule has 1 saturated heterocycles. The van der Waals surface area contributed by atoms with Crippen molar-refractivity contribution in [1.82, 2.24) is 14.2 Å². The summed E-state index contributed by atoms with van der Waals surface area (Å²) < 4.78 is 32.1. The van der Waals surface area contributed by atoms with Gasteiger partial charge in [0.15, 0.2) is 0 Å². The fourth-order valence-electron chi connectivity index (χ4n) is 2.66. The van der Waals surface area contributed by atoms with E-state index >= 15 is 0 Å². The lowest BCUT2D eigenvalue weighted by molar-refractivity contribution is 0.222. The number of hydrogen-bond acceptors (Lipinski definition) is 6. The number of rotatable bonds is 6. The van der Waals surface area contributed by atoms with Crippen LogP contribution in [-0.4, -0.2) is 62.9 Å². The minimum absolute atomic E-state index is 0.260. The molecule has 0 amide bonds. The van der Waals surface area contributed by atoms with E-state index in [0.29, 0.717) is 13.1 Å². The SMILES string of the molecule is COc1ccc(CSc2ccc(S(=O)(=O)N3CCN(C)CC3)cn2)cc1. The lowest BCUT2D eigenvalue weighted by atomic mass is 10.2. The van der Waals surface area contributed by atoms with Crippen LogP contribution < -0.4 is 4.74 Å². The second kappa shape index (κ2) is 8.39. The van der Waals surface area contributed by atoms with Crippen LogP contribution in [0.25, 0.3) is 0 Å². The highest BCUT2D eigenvalue weighted by Gasteiger charge is 2.27. The molecule has 0 saturated carbocycles. The molecule has 2 aromatic rings. The Bertz CT molecular complexity index is 816. The lowest BCUT2D eigenvalue weighted by Gasteiger charge is -2.31. The number of sulfonamides is 1. The van der Waals surface area contributed by atoms with Crippen molar-refractivity contribution in [3.05, 3.63) is 48.2 Å². The molecule has 1 aromatic heterocycles. The molecule has 26 heavy (non-hydrogen) atoms. The normalized spacial score (nSPS) is 16.5. The van der Waals surface area contributed by atoms with Gasteiger partial charge >= 0.3 is 0 Å². The van der Waals surface area contributed by atoms with Gasteiger partial charge in [-0.05, 0) is 36.9 Å². The minimum Gasteiger partial charge on any atom is -0.497 e. The molecule has 0 bridgehead atoms. The molecule has 8 heteroatoms. The molecule has 2 heterocycles. The van der Waals surface area contributed by atoms with E-state index in [1.165, 1.54) is 10.5 Å². The first kappa shape index (κ1) is 19.2. The molecule has 0 atom stereocenters. The molecule has 1 fully saturated rings. The number of likely N-dealkylation sites (N-methyl/N-ethyl adjacent to an activating group) is 1. The van der Waals surface area contributed by atoms with E-state index in [2.05, 4.69) is 9.88 Å². The van der Waals surface area contributed by atoms with Crippen molar-refractivity contribution in [3.63, 3.8) is 0 Å². The van der Waals surface area contributed by atoms with E-state index < -0.39 is 10.0 Å².